The van der Waals surface area contributed by atoms with Crippen LogP contribution in [0.4, 0.5) is 0 Å². The van der Waals surface area contributed by atoms with Crippen LogP contribution in [0.25, 0.3) is 0 Å². The average Bonchev–Trinajstić information content (AvgIpc) is 2.29. The Morgan fingerprint density at radius 1 is 1.38 bits per heavy atom. The molecule has 0 fully saturated rings. The van der Waals surface area contributed by atoms with Crippen molar-refractivity contribution in [2.24, 2.45) is 11.7 Å². The summed E-state index contributed by atoms with van der Waals surface area (Å²) in [5, 5.41) is 0. The number of nitrogens with two attached hydrogens (primary N) is 1. The Bertz CT molecular complexity index is 360. The van der Waals surface area contributed by atoms with Crippen LogP contribution in [-0.2, 0) is 6.42 Å². The van der Waals surface area contributed by atoms with E-state index in [-0.39, 0.29) is 0 Å². The van der Waals surface area contributed by atoms with Gasteiger partial charge in [0.1, 0.15) is 5.75 Å². The highest BCUT2D eigenvalue weighted by molar-refractivity contribution is 5.40. The first-order chi connectivity index (χ1) is 7.72. The fraction of sp³-hybridized carbons (Fsp3) is 0.571. The quantitative estimate of drug-likeness (QED) is 0.848. The van der Waals surface area contributed by atoms with Gasteiger partial charge in [0.25, 0.3) is 0 Å². The number of aryl methyl sites for hydroxylation is 1. The van der Waals surface area contributed by atoms with Gasteiger partial charge in [-0.15, -0.1) is 0 Å². The SMILES string of the molecule is CC(C)C(CN)c1ccc2c(c1)CCCO2. The zero-order valence-corrected chi connectivity index (χ0v) is 10.2. The Labute approximate surface area is 97.8 Å². The van der Waals surface area contributed by atoms with Crippen LogP contribution in [0.1, 0.15) is 37.3 Å². The fourth-order valence-electron chi connectivity index (χ4n) is 2.40. The maximum Gasteiger partial charge on any atom is 0.122 e. The molecule has 1 aliphatic rings. The summed E-state index contributed by atoms with van der Waals surface area (Å²) in [6.07, 6.45) is 2.27. The predicted molar refractivity (Wildman–Crippen MR) is 66.9 cm³/mol. The smallest absolute Gasteiger partial charge is 0.122 e. The molecule has 2 nitrogen and oxygen atoms in total. The van der Waals surface area contributed by atoms with Crippen LogP contribution in [0.5, 0.6) is 5.75 Å². The highest BCUT2D eigenvalue weighted by Crippen LogP contribution is 2.30. The highest BCUT2D eigenvalue weighted by atomic mass is 16.5. The van der Waals surface area contributed by atoms with Gasteiger partial charge in [-0.2, -0.15) is 0 Å². The standard InChI is InChI=1S/C14H21NO/c1-10(2)13(9-15)11-5-6-14-12(8-11)4-3-7-16-14/h5-6,8,10,13H,3-4,7,9,15H2,1-2H3. The largest absolute Gasteiger partial charge is 0.493 e. The van der Waals surface area contributed by atoms with E-state index in [1.54, 1.807) is 0 Å². The summed E-state index contributed by atoms with van der Waals surface area (Å²) in [4.78, 5) is 0. The molecule has 1 aromatic carbocycles. The second-order valence-corrected chi connectivity index (χ2v) is 4.91. The second-order valence-electron chi connectivity index (χ2n) is 4.91. The molecule has 0 radical (unpaired) electrons. The molecular formula is C14H21NO. The molecule has 0 aromatic heterocycles. The number of fused-ring (bicyclic) bond motifs is 1. The Morgan fingerprint density at radius 2 is 2.19 bits per heavy atom. The van der Waals surface area contributed by atoms with Crippen LogP contribution >= 0.6 is 0 Å². The molecule has 1 unspecified atom stereocenters. The predicted octanol–water partition coefficient (Wildman–Crippen LogP) is 2.71. The van der Waals surface area contributed by atoms with Gasteiger partial charge in [0, 0.05) is 0 Å². The molecule has 0 saturated heterocycles. The normalized spacial score (nSPS) is 16.8. The van der Waals surface area contributed by atoms with E-state index in [9.17, 15) is 0 Å². The Hall–Kier alpha value is -1.02. The third-order valence-corrected chi connectivity index (χ3v) is 3.42. The summed E-state index contributed by atoms with van der Waals surface area (Å²) in [6, 6.07) is 6.56. The molecule has 0 amide bonds. The van der Waals surface area contributed by atoms with Crippen LogP contribution in [0.15, 0.2) is 18.2 Å². The first-order valence-electron chi connectivity index (χ1n) is 6.18. The number of hydrogen-bond donors (Lipinski definition) is 1. The molecule has 1 atom stereocenters. The summed E-state index contributed by atoms with van der Waals surface area (Å²) in [7, 11) is 0. The van der Waals surface area contributed by atoms with Crippen molar-refractivity contribution in [2.45, 2.75) is 32.6 Å². The minimum Gasteiger partial charge on any atom is -0.493 e. The van der Waals surface area contributed by atoms with E-state index in [0.29, 0.717) is 11.8 Å². The highest BCUT2D eigenvalue weighted by Gasteiger charge is 2.17. The van der Waals surface area contributed by atoms with Gasteiger partial charge in [0.05, 0.1) is 6.61 Å². The summed E-state index contributed by atoms with van der Waals surface area (Å²) >= 11 is 0. The van der Waals surface area contributed by atoms with Crippen molar-refractivity contribution in [1.29, 1.82) is 0 Å². The zero-order chi connectivity index (χ0) is 11.5. The van der Waals surface area contributed by atoms with E-state index in [1.165, 1.54) is 11.1 Å². The Kier molecular flexibility index (Phi) is 3.49. The van der Waals surface area contributed by atoms with Crippen LogP contribution in [-0.4, -0.2) is 13.2 Å². The molecule has 1 aromatic rings. The van der Waals surface area contributed by atoms with Gasteiger partial charge in [-0.1, -0.05) is 26.0 Å². The van der Waals surface area contributed by atoms with Crippen LogP contribution in [0.2, 0.25) is 0 Å². The van der Waals surface area contributed by atoms with Crippen molar-refractivity contribution in [3.63, 3.8) is 0 Å². The zero-order valence-electron chi connectivity index (χ0n) is 10.2. The van der Waals surface area contributed by atoms with Crippen molar-refractivity contribution in [3.05, 3.63) is 29.3 Å². The first-order valence-corrected chi connectivity index (χ1v) is 6.18. The summed E-state index contributed by atoms with van der Waals surface area (Å²) in [6.45, 7) is 6.04. The third kappa shape index (κ3) is 2.22. The van der Waals surface area contributed by atoms with Gasteiger partial charge in [-0.05, 0) is 48.4 Å². The van der Waals surface area contributed by atoms with Gasteiger partial charge in [-0.3, -0.25) is 0 Å². The van der Waals surface area contributed by atoms with E-state index in [2.05, 4.69) is 32.0 Å². The maximum absolute atomic E-state index is 5.85. The van der Waals surface area contributed by atoms with Crippen molar-refractivity contribution >= 4 is 0 Å². The molecule has 2 N–H and O–H groups in total. The molecule has 2 rings (SSSR count). The Balaban J connectivity index is 2.28. The van der Waals surface area contributed by atoms with Gasteiger partial charge in [0.15, 0.2) is 0 Å². The van der Waals surface area contributed by atoms with Crippen LogP contribution < -0.4 is 10.5 Å². The molecule has 88 valence electrons. The van der Waals surface area contributed by atoms with E-state index in [0.717, 1.165) is 31.7 Å². The van der Waals surface area contributed by atoms with E-state index >= 15 is 0 Å². The van der Waals surface area contributed by atoms with Crippen molar-refractivity contribution in [3.8, 4) is 5.75 Å². The fourth-order valence-corrected chi connectivity index (χ4v) is 2.40. The number of benzene rings is 1. The van der Waals surface area contributed by atoms with Crippen LogP contribution in [0, 0.1) is 5.92 Å². The molecule has 1 aliphatic heterocycles. The van der Waals surface area contributed by atoms with Crippen molar-refractivity contribution in [1.82, 2.24) is 0 Å². The first kappa shape index (κ1) is 11.5. The molecule has 0 saturated carbocycles. The maximum atomic E-state index is 5.85. The van der Waals surface area contributed by atoms with Crippen LogP contribution in [0.3, 0.4) is 0 Å². The lowest BCUT2D eigenvalue weighted by molar-refractivity contribution is 0.288. The number of rotatable bonds is 3. The van der Waals surface area contributed by atoms with Gasteiger partial charge in [-0.25, -0.2) is 0 Å². The Morgan fingerprint density at radius 3 is 2.88 bits per heavy atom. The second kappa shape index (κ2) is 4.88. The topological polar surface area (TPSA) is 35.2 Å². The number of hydrogen-bond acceptors (Lipinski definition) is 2. The minimum atomic E-state index is 0.465. The summed E-state index contributed by atoms with van der Waals surface area (Å²) in [5.41, 5.74) is 8.56. The molecule has 0 aliphatic carbocycles. The molecule has 1 heterocycles. The molecule has 16 heavy (non-hydrogen) atoms. The van der Waals surface area contributed by atoms with E-state index < -0.39 is 0 Å². The van der Waals surface area contributed by atoms with E-state index in [4.69, 9.17) is 10.5 Å². The molecular weight excluding hydrogens is 198 g/mol. The summed E-state index contributed by atoms with van der Waals surface area (Å²) in [5.74, 6) is 2.12. The summed E-state index contributed by atoms with van der Waals surface area (Å²) < 4.78 is 5.62. The minimum absolute atomic E-state index is 0.465. The van der Waals surface area contributed by atoms with Gasteiger partial charge < -0.3 is 10.5 Å². The average molecular weight is 219 g/mol. The third-order valence-electron chi connectivity index (χ3n) is 3.42. The lowest BCUT2D eigenvalue weighted by Gasteiger charge is -2.23. The monoisotopic (exact) mass is 219 g/mol. The van der Waals surface area contributed by atoms with E-state index in [1.807, 2.05) is 0 Å². The number of ether oxygens (including phenoxy) is 1. The van der Waals surface area contributed by atoms with Crippen molar-refractivity contribution in [2.75, 3.05) is 13.2 Å². The lowest BCUT2D eigenvalue weighted by atomic mass is 9.87. The molecule has 0 bridgehead atoms. The van der Waals surface area contributed by atoms with Crippen molar-refractivity contribution < 1.29 is 4.74 Å². The lowest BCUT2D eigenvalue weighted by Crippen LogP contribution is -2.18. The molecule has 0 spiro atoms. The van der Waals surface area contributed by atoms with Gasteiger partial charge >= 0.3 is 0 Å². The molecule has 2 heteroatoms. The van der Waals surface area contributed by atoms with Gasteiger partial charge in [0.2, 0.25) is 0 Å².